The molecule has 1 aromatic heterocycles. The van der Waals surface area contributed by atoms with E-state index in [0.717, 1.165) is 23.4 Å². The highest BCUT2D eigenvalue weighted by molar-refractivity contribution is 7.89. The molecule has 0 radical (unpaired) electrons. The van der Waals surface area contributed by atoms with Crippen LogP contribution >= 0.6 is 0 Å². The van der Waals surface area contributed by atoms with E-state index in [1.807, 2.05) is 6.92 Å². The molecule has 1 heterocycles. The van der Waals surface area contributed by atoms with E-state index in [1.165, 1.54) is 12.1 Å². The van der Waals surface area contributed by atoms with Gasteiger partial charge in [0.05, 0.1) is 16.0 Å². The summed E-state index contributed by atoms with van der Waals surface area (Å²) >= 11 is 0. The smallest absolute Gasteiger partial charge is 0.269 e. The van der Waals surface area contributed by atoms with Crippen LogP contribution in [0.3, 0.4) is 0 Å². The Morgan fingerprint density at radius 2 is 1.95 bits per heavy atom. The summed E-state index contributed by atoms with van der Waals surface area (Å²) in [6.45, 7) is 1.95. The van der Waals surface area contributed by atoms with Crippen LogP contribution in [0.1, 0.15) is 11.3 Å². The first-order chi connectivity index (χ1) is 9.81. The van der Waals surface area contributed by atoms with Crippen molar-refractivity contribution in [3.8, 4) is 0 Å². The number of non-ortho nitro benzene ring substituents is 1. The number of nitro groups is 1. The molecule has 2 aromatic rings. The average Bonchev–Trinajstić information content (AvgIpc) is 2.77. The lowest BCUT2D eigenvalue weighted by molar-refractivity contribution is -0.384. The molecular formula is C12H14N4O4S. The fourth-order valence-electron chi connectivity index (χ4n) is 1.72. The average molecular weight is 310 g/mol. The third-order valence-corrected chi connectivity index (χ3v) is 4.56. The molecule has 0 spiro atoms. The highest BCUT2D eigenvalue weighted by Crippen LogP contribution is 2.16. The van der Waals surface area contributed by atoms with Crippen molar-refractivity contribution in [2.45, 2.75) is 18.4 Å². The lowest BCUT2D eigenvalue weighted by Gasteiger charge is -2.06. The summed E-state index contributed by atoms with van der Waals surface area (Å²) in [5.74, 6) is 0. The standard InChI is InChI=1S/C12H14N4O4S/c1-9-10(7-13-15(9)2)8-14-21(19,20)12-5-3-11(4-6-12)16(17)18/h3-7,14H,8H2,1-2H3. The van der Waals surface area contributed by atoms with E-state index in [1.54, 1.807) is 17.9 Å². The highest BCUT2D eigenvalue weighted by Gasteiger charge is 2.16. The van der Waals surface area contributed by atoms with Crippen LogP contribution in [-0.4, -0.2) is 23.1 Å². The number of nitro benzene ring substituents is 1. The molecule has 0 saturated heterocycles. The summed E-state index contributed by atoms with van der Waals surface area (Å²) in [5.41, 5.74) is 1.47. The fraction of sp³-hybridized carbons (Fsp3) is 0.250. The monoisotopic (exact) mass is 310 g/mol. The summed E-state index contributed by atoms with van der Waals surface area (Å²) in [4.78, 5) is 9.94. The minimum atomic E-state index is -3.72. The Hall–Kier alpha value is -2.26. The van der Waals surface area contributed by atoms with Gasteiger partial charge in [-0.15, -0.1) is 0 Å². The van der Waals surface area contributed by atoms with Crippen molar-refractivity contribution in [1.29, 1.82) is 0 Å². The van der Waals surface area contributed by atoms with Gasteiger partial charge in [-0.2, -0.15) is 5.10 Å². The molecule has 21 heavy (non-hydrogen) atoms. The van der Waals surface area contributed by atoms with Crippen molar-refractivity contribution in [2.75, 3.05) is 0 Å². The lowest BCUT2D eigenvalue weighted by atomic mass is 10.3. The van der Waals surface area contributed by atoms with Gasteiger partial charge in [0.1, 0.15) is 0 Å². The van der Waals surface area contributed by atoms with Gasteiger partial charge in [0, 0.05) is 37.0 Å². The Bertz CT molecular complexity index is 765. The fourth-order valence-corrected chi connectivity index (χ4v) is 2.73. The number of hydrogen-bond acceptors (Lipinski definition) is 5. The third-order valence-electron chi connectivity index (χ3n) is 3.15. The van der Waals surface area contributed by atoms with Crippen molar-refractivity contribution >= 4 is 15.7 Å². The Kier molecular flexibility index (Phi) is 4.05. The topological polar surface area (TPSA) is 107 Å². The van der Waals surface area contributed by atoms with Crippen LogP contribution in [0.15, 0.2) is 35.4 Å². The Balaban J connectivity index is 2.15. The summed E-state index contributed by atoms with van der Waals surface area (Å²) in [6, 6.07) is 4.72. The van der Waals surface area contributed by atoms with E-state index in [-0.39, 0.29) is 17.1 Å². The van der Waals surface area contributed by atoms with Crippen LogP contribution in [0.5, 0.6) is 0 Å². The van der Waals surface area contributed by atoms with E-state index in [0.29, 0.717) is 0 Å². The zero-order valence-corrected chi connectivity index (χ0v) is 12.3. The molecule has 0 atom stereocenters. The minimum Gasteiger partial charge on any atom is -0.273 e. The molecule has 0 aliphatic rings. The molecule has 0 unspecified atom stereocenters. The first kappa shape index (κ1) is 15.1. The first-order valence-corrected chi connectivity index (χ1v) is 7.51. The second-order valence-corrected chi connectivity index (χ2v) is 6.22. The third kappa shape index (κ3) is 3.26. The maximum atomic E-state index is 12.1. The molecule has 9 heteroatoms. The molecule has 1 aromatic carbocycles. The number of nitrogens with one attached hydrogen (secondary N) is 1. The quantitative estimate of drug-likeness (QED) is 0.657. The molecule has 0 amide bonds. The summed E-state index contributed by atoms with van der Waals surface area (Å²) in [6.07, 6.45) is 1.59. The number of rotatable bonds is 5. The normalized spacial score (nSPS) is 11.5. The maximum Gasteiger partial charge on any atom is 0.269 e. The van der Waals surface area contributed by atoms with Crippen LogP contribution in [0, 0.1) is 17.0 Å². The number of benzene rings is 1. The Morgan fingerprint density at radius 1 is 1.33 bits per heavy atom. The summed E-state index contributed by atoms with van der Waals surface area (Å²) in [7, 11) is -1.95. The van der Waals surface area contributed by atoms with Crippen molar-refractivity contribution < 1.29 is 13.3 Å². The van der Waals surface area contributed by atoms with Gasteiger partial charge in [0.15, 0.2) is 0 Å². The molecular weight excluding hydrogens is 296 g/mol. The van der Waals surface area contributed by atoms with Gasteiger partial charge in [-0.05, 0) is 19.1 Å². The van der Waals surface area contributed by atoms with Gasteiger partial charge in [-0.25, -0.2) is 13.1 Å². The molecule has 1 N–H and O–H groups in total. The molecule has 0 saturated carbocycles. The molecule has 0 bridgehead atoms. The molecule has 0 aliphatic carbocycles. The zero-order valence-electron chi connectivity index (χ0n) is 11.5. The van der Waals surface area contributed by atoms with Gasteiger partial charge < -0.3 is 0 Å². The number of nitrogens with zero attached hydrogens (tertiary/aromatic N) is 3. The number of hydrogen-bond donors (Lipinski definition) is 1. The Labute approximate surface area is 121 Å². The van der Waals surface area contributed by atoms with Crippen LogP contribution in [0.4, 0.5) is 5.69 Å². The van der Waals surface area contributed by atoms with E-state index >= 15 is 0 Å². The number of sulfonamides is 1. The van der Waals surface area contributed by atoms with Gasteiger partial charge in [0.25, 0.3) is 5.69 Å². The molecule has 0 fully saturated rings. The van der Waals surface area contributed by atoms with E-state index in [2.05, 4.69) is 9.82 Å². The van der Waals surface area contributed by atoms with Crippen LogP contribution in [0.2, 0.25) is 0 Å². The van der Waals surface area contributed by atoms with Crippen LogP contribution < -0.4 is 4.72 Å². The number of aromatic nitrogens is 2. The predicted octanol–water partition coefficient (Wildman–Crippen LogP) is 1.12. The molecule has 8 nitrogen and oxygen atoms in total. The number of aryl methyl sites for hydroxylation is 1. The van der Waals surface area contributed by atoms with Crippen molar-refractivity contribution in [2.24, 2.45) is 7.05 Å². The van der Waals surface area contributed by atoms with Gasteiger partial charge in [0.2, 0.25) is 10.0 Å². The van der Waals surface area contributed by atoms with Gasteiger partial charge in [-0.1, -0.05) is 0 Å². The van der Waals surface area contributed by atoms with Crippen LogP contribution in [-0.2, 0) is 23.6 Å². The van der Waals surface area contributed by atoms with Crippen molar-refractivity contribution in [1.82, 2.24) is 14.5 Å². The SMILES string of the molecule is Cc1c(CNS(=O)(=O)c2ccc([N+](=O)[O-])cc2)cnn1C. The summed E-state index contributed by atoms with van der Waals surface area (Å²) < 4.78 is 28.3. The van der Waals surface area contributed by atoms with E-state index in [9.17, 15) is 18.5 Å². The largest absolute Gasteiger partial charge is 0.273 e. The molecule has 2 rings (SSSR count). The second-order valence-electron chi connectivity index (χ2n) is 4.45. The second kappa shape index (κ2) is 5.62. The van der Waals surface area contributed by atoms with Crippen molar-refractivity contribution in [3.63, 3.8) is 0 Å². The van der Waals surface area contributed by atoms with Crippen molar-refractivity contribution in [3.05, 3.63) is 51.8 Å². The van der Waals surface area contributed by atoms with E-state index < -0.39 is 14.9 Å². The Morgan fingerprint density at radius 3 is 2.43 bits per heavy atom. The van der Waals surface area contributed by atoms with Gasteiger partial charge in [-0.3, -0.25) is 14.8 Å². The molecule has 0 aliphatic heterocycles. The maximum absolute atomic E-state index is 12.1. The van der Waals surface area contributed by atoms with E-state index in [4.69, 9.17) is 0 Å². The summed E-state index contributed by atoms with van der Waals surface area (Å²) in [5, 5.41) is 14.6. The zero-order chi connectivity index (χ0) is 15.6. The minimum absolute atomic E-state index is 0.0188. The molecule has 112 valence electrons. The van der Waals surface area contributed by atoms with Gasteiger partial charge >= 0.3 is 0 Å². The van der Waals surface area contributed by atoms with Crippen LogP contribution in [0.25, 0.3) is 0 Å². The predicted molar refractivity (Wildman–Crippen MR) is 75.1 cm³/mol. The first-order valence-electron chi connectivity index (χ1n) is 6.03. The lowest BCUT2D eigenvalue weighted by Crippen LogP contribution is -2.23. The highest BCUT2D eigenvalue weighted by atomic mass is 32.2.